The van der Waals surface area contributed by atoms with Gasteiger partial charge >= 0.3 is 0 Å². The standard InChI is InChI=1S/C25H25ClN4/c1-5-10-30-23-13-20(26)17(12-19(23)16(2)14-25(30,3)4)11-18(15-27)24-28-21-8-6-7-9-22(21)29-24/h6-9,11-14H,5,10H2,1-4H3,(H,28,29)/b18-11+. The van der Waals surface area contributed by atoms with Crippen molar-refractivity contribution >= 4 is 45.5 Å². The monoisotopic (exact) mass is 416 g/mol. The van der Waals surface area contributed by atoms with Crippen molar-refractivity contribution in [1.29, 1.82) is 5.26 Å². The molecule has 2 aromatic carbocycles. The molecule has 4 rings (SSSR count). The Morgan fingerprint density at radius 2 is 2.07 bits per heavy atom. The average molecular weight is 417 g/mol. The second-order valence-corrected chi connectivity index (χ2v) is 8.70. The molecule has 1 aliphatic heterocycles. The molecule has 0 saturated heterocycles. The van der Waals surface area contributed by atoms with Gasteiger partial charge in [-0.25, -0.2) is 4.98 Å². The van der Waals surface area contributed by atoms with E-state index in [1.54, 1.807) is 0 Å². The van der Waals surface area contributed by atoms with Crippen molar-refractivity contribution in [2.75, 3.05) is 11.4 Å². The number of nitrogens with zero attached hydrogens (tertiary/aromatic N) is 3. The maximum absolute atomic E-state index is 9.79. The van der Waals surface area contributed by atoms with Crippen LogP contribution in [0.15, 0.2) is 42.5 Å². The largest absolute Gasteiger partial charge is 0.362 e. The normalized spacial score (nSPS) is 15.7. The molecule has 1 aromatic heterocycles. The predicted octanol–water partition coefficient (Wildman–Crippen LogP) is 6.69. The smallest absolute Gasteiger partial charge is 0.149 e. The number of anilines is 1. The van der Waals surface area contributed by atoms with E-state index in [4.69, 9.17) is 11.6 Å². The molecule has 0 atom stereocenters. The van der Waals surface area contributed by atoms with Gasteiger partial charge in [-0.15, -0.1) is 0 Å². The summed E-state index contributed by atoms with van der Waals surface area (Å²) in [5, 5.41) is 10.4. The van der Waals surface area contributed by atoms with Gasteiger partial charge in [0.1, 0.15) is 11.9 Å². The van der Waals surface area contributed by atoms with Gasteiger partial charge in [0, 0.05) is 22.8 Å². The molecule has 1 N–H and O–H groups in total. The van der Waals surface area contributed by atoms with Gasteiger partial charge in [-0.2, -0.15) is 5.26 Å². The number of imidazole rings is 1. The topological polar surface area (TPSA) is 55.7 Å². The summed E-state index contributed by atoms with van der Waals surface area (Å²) >= 11 is 6.70. The number of allylic oxidation sites excluding steroid dienone is 2. The van der Waals surface area contributed by atoms with Crippen LogP contribution in [0.5, 0.6) is 0 Å². The van der Waals surface area contributed by atoms with E-state index in [1.807, 2.05) is 36.4 Å². The van der Waals surface area contributed by atoms with Crippen molar-refractivity contribution in [2.24, 2.45) is 0 Å². The summed E-state index contributed by atoms with van der Waals surface area (Å²) < 4.78 is 0. The first-order valence-corrected chi connectivity index (χ1v) is 10.6. The van der Waals surface area contributed by atoms with Crippen LogP contribution in [0.4, 0.5) is 5.69 Å². The number of hydrogen-bond acceptors (Lipinski definition) is 3. The fraction of sp³-hybridized carbons (Fsp3) is 0.280. The van der Waals surface area contributed by atoms with Crippen LogP contribution in [0, 0.1) is 11.3 Å². The summed E-state index contributed by atoms with van der Waals surface area (Å²) in [6, 6.07) is 14.1. The van der Waals surface area contributed by atoms with Crippen molar-refractivity contribution < 1.29 is 0 Å². The van der Waals surface area contributed by atoms with Crippen LogP contribution < -0.4 is 4.90 Å². The lowest BCUT2D eigenvalue weighted by atomic mass is 9.87. The number of aromatic nitrogens is 2. The molecule has 2 heterocycles. The number of rotatable bonds is 4. The first-order valence-electron chi connectivity index (χ1n) is 10.2. The minimum atomic E-state index is -0.0696. The Bertz CT molecular complexity index is 1190. The molecule has 0 radical (unpaired) electrons. The van der Waals surface area contributed by atoms with E-state index in [2.05, 4.69) is 60.8 Å². The second kappa shape index (κ2) is 7.66. The highest BCUT2D eigenvalue weighted by Gasteiger charge is 2.31. The zero-order valence-electron chi connectivity index (χ0n) is 17.8. The number of benzene rings is 2. The molecule has 30 heavy (non-hydrogen) atoms. The summed E-state index contributed by atoms with van der Waals surface area (Å²) in [4.78, 5) is 10.2. The van der Waals surface area contributed by atoms with E-state index in [1.165, 1.54) is 5.57 Å². The first kappa shape index (κ1) is 20.3. The summed E-state index contributed by atoms with van der Waals surface area (Å²) in [6.07, 6.45) is 5.17. The van der Waals surface area contributed by atoms with Crippen LogP contribution in [-0.4, -0.2) is 22.1 Å². The van der Waals surface area contributed by atoms with Crippen molar-refractivity contribution in [3.63, 3.8) is 0 Å². The third-order valence-electron chi connectivity index (χ3n) is 5.61. The van der Waals surface area contributed by atoms with Crippen LogP contribution in [0.25, 0.3) is 28.3 Å². The van der Waals surface area contributed by atoms with Crippen LogP contribution in [0.1, 0.15) is 51.1 Å². The minimum Gasteiger partial charge on any atom is -0.362 e. The average Bonchev–Trinajstić information content (AvgIpc) is 3.13. The molecule has 152 valence electrons. The van der Waals surface area contributed by atoms with Gasteiger partial charge in [-0.05, 0) is 68.7 Å². The van der Waals surface area contributed by atoms with E-state index < -0.39 is 0 Å². The van der Waals surface area contributed by atoms with Crippen molar-refractivity contribution in [2.45, 2.75) is 39.7 Å². The molecule has 0 unspecified atom stereocenters. The second-order valence-electron chi connectivity index (χ2n) is 8.30. The van der Waals surface area contributed by atoms with Gasteiger partial charge < -0.3 is 9.88 Å². The van der Waals surface area contributed by atoms with E-state index in [0.717, 1.165) is 40.8 Å². The first-order chi connectivity index (χ1) is 14.3. The van der Waals surface area contributed by atoms with E-state index >= 15 is 0 Å². The fourth-order valence-corrected chi connectivity index (χ4v) is 4.46. The Morgan fingerprint density at radius 1 is 1.30 bits per heavy atom. The predicted molar refractivity (Wildman–Crippen MR) is 126 cm³/mol. The lowest BCUT2D eigenvalue weighted by Gasteiger charge is -2.43. The van der Waals surface area contributed by atoms with Gasteiger partial charge in [0.2, 0.25) is 0 Å². The van der Waals surface area contributed by atoms with Crippen LogP contribution >= 0.6 is 11.6 Å². The molecule has 1 aliphatic rings. The number of halogens is 1. The third-order valence-corrected chi connectivity index (χ3v) is 5.94. The van der Waals surface area contributed by atoms with Gasteiger partial charge in [0.25, 0.3) is 0 Å². The maximum atomic E-state index is 9.79. The number of nitrogens with one attached hydrogen (secondary N) is 1. The number of fused-ring (bicyclic) bond motifs is 2. The molecular weight excluding hydrogens is 392 g/mol. The highest BCUT2D eigenvalue weighted by atomic mass is 35.5. The van der Waals surface area contributed by atoms with Gasteiger partial charge in [0.15, 0.2) is 0 Å². The quantitative estimate of drug-likeness (QED) is 0.482. The summed E-state index contributed by atoms with van der Waals surface area (Å²) in [5.74, 6) is 0.550. The molecule has 0 aliphatic carbocycles. The third kappa shape index (κ3) is 3.51. The Hall–Kier alpha value is -3.03. The molecule has 5 heteroatoms. The zero-order chi connectivity index (χ0) is 21.5. The molecule has 3 aromatic rings. The van der Waals surface area contributed by atoms with E-state index in [0.29, 0.717) is 16.4 Å². The molecule has 0 fully saturated rings. The number of nitriles is 1. The molecule has 0 saturated carbocycles. The number of hydrogen-bond donors (Lipinski definition) is 1. The van der Waals surface area contributed by atoms with Crippen molar-refractivity contribution in [3.05, 3.63) is 64.4 Å². The van der Waals surface area contributed by atoms with Gasteiger partial charge in [-0.1, -0.05) is 36.7 Å². The summed E-state index contributed by atoms with van der Waals surface area (Å²) in [6.45, 7) is 9.73. The van der Waals surface area contributed by atoms with E-state index in [9.17, 15) is 5.26 Å². The van der Waals surface area contributed by atoms with Crippen molar-refractivity contribution in [1.82, 2.24) is 9.97 Å². The number of para-hydroxylation sites is 2. The maximum Gasteiger partial charge on any atom is 0.149 e. The van der Waals surface area contributed by atoms with Crippen molar-refractivity contribution in [3.8, 4) is 6.07 Å². The molecule has 0 spiro atoms. The lowest BCUT2D eigenvalue weighted by Crippen LogP contribution is -2.45. The number of aromatic amines is 1. The van der Waals surface area contributed by atoms with Crippen LogP contribution in [0.2, 0.25) is 5.02 Å². The Morgan fingerprint density at radius 3 is 2.77 bits per heavy atom. The summed E-state index contributed by atoms with van der Waals surface area (Å²) in [5.41, 5.74) is 6.46. The van der Waals surface area contributed by atoms with Crippen LogP contribution in [0.3, 0.4) is 0 Å². The highest BCUT2D eigenvalue weighted by molar-refractivity contribution is 6.32. The Kier molecular flexibility index (Phi) is 5.17. The van der Waals surface area contributed by atoms with E-state index in [-0.39, 0.29) is 5.54 Å². The molecule has 0 bridgehead atoms. The lowest BCUT2D eigenvalue weighted by molar-refractivity contribution is 0.550. The highest BCUT2D eigenvalue weighted by Crippen LogP contribution is 2.42. The summed E-state index contributed by atoms with van der Waals surface area (Å²) in [7, 11) is 0. The van der Waals surface area contributed by atoms with Gasteiger partial charge in [0.05, 0.1) is 22.1 Å². The fourth-order valence-electron chi connectivity index (χ4n) is 4.25. The minimum absolute atomic E-state index is 0.0696. The Labute approximate surface area is 182 Å². The van der Waals surface area contributed by atoms with Gasteiger partial charge in [-0.3, -0.25) is 0 Å². The molecular formula is C25H25ClN4. The molecule has 0 amide bonds. The molecule has 4 nitrogen and oxygen atoms in total. The zero-order valence-corrected chi connectivity index (χ0v) is 18.5. The number of H-pyrrole nitrogens is 1. The van der Waals surface area contributed by atoms with Crippen LogP contribution in [-0.2, 0) is 0 Å². The Balaban J connectivity index is 1.82. The SMILES string of the molecule is CCCN1c2cc(Cl)c(/C=C(\C#N)c3nc4ccccc4[nH]3)cc2C(C)=CC1(C)C.